The Kier molecular flexibility index (Phi) is 6.51. The van der Waals surface area contributed by atoms with E-state index in [2.05, 4.69) is 10.2 Å². The largest absolute Gasteiger partial charge is 0.419 e. The van der Waals surface area contributed by atoms with Crippen LogP contribution >= 0.6 is 12.4 Å². The molecule has 1 atom stereocenters. The first-order chi connectivity index (χ1) is 11.0. The number of hydrogen-bond donors (Lipinski definition) is 1. The first-order valence-electron chi connectivity index (χ1n) is 8.29. The summed E-state index contributed by atoms with van der Waals surface area (Å²) in [5.74, 6) is -0.982. The predicted octanol–water partition coefficient (Wildman–Crippen LogP) is 4.40. The molecule has 1 aliphatic carbocycles. The number of rotatable bonds is 3. The molecule has 3 rings (SSSR count). The maximum absolute atomic E-state index is 14.0. The van der Waals surface area contributed by atoms with Crippen molar-refractivity contribution in [3.05, 3.63) is 35.1 Å². The monoisotopic (exact) mass is 366 g/mol. The zero-order valence-corrected chi connectivity index (χ0v) is 14.2. The number of halogens is 5. The average molecular weight is 367 g/mol. The highest BCUT2D eigenvalue weighted by Crippen LogP contribution is 2.45. The van der Waals surface area contributed by atoms with E-state index in [1.54, 1.807) is 0 Å². The van der Waals surface area contributed by atoms with E-state index in [9.17, 15) is 17.6 Å². The molecule has 0 radical (unpaired) electrons. The number of nitrogens with zero attached hydrogens (tertiary/aromatic N) is 1. The van der Waals surface area contributed by atoms with Gasteiger partial charge in [-0.25, -0.2) is 4.39 Å². The van der Waals surface area contributed by atoms with Crippen LogP contribution in [0.5, 0.6) is 0 Å². The van der Waals surface area contributed by atoms with Crippen molar-refractivity contribution in [2.24, 2.45) is 5.92 Å². The van der Waals surface area contributed by atoms with Crippen molar-refractivity contribution in [1.82, 2.24) is 10.2 Å². The number of hydrogen-bond acceptors (Lipinski definition) is 2. The fraction of sp³-hybridized carbons (Fsp3) is 0.647. The minimum Gasteiger partial charge on any atom is -0.314 e. The van der Waals surface area contributed by atoms with Crippen molar-refractivity contribution in [2.45, 2.75) is 37.9 Å². The molecule has 136 valence electrons. The molecule has 0 aromatic heterocycles. The third-order valence-electron chi connectivity index (χ3n) is 5.04. The Balaban J connectivity index is 0.00000208. The summed E-state index contributed by atoms with van der Waals surface area (Å²) in [5, 5.41) is 3.23. The first-order valence-corrected chi connectivity index (χ1v) is 8.29. The van der Waals surface area contributed by atoms with Crippen LogP contribution in [0.2, 0.25) is 0 Å². The second-order valence-electron chi connectivity index (χ2n) is 6.48. The summed E-state index contributed by atoms with van der Waals surface area (Å²) in [4.78, 5) is 2.11. The van der Waals surface area contributed by atoms with Crippen LogP contribution in [0, 0.1) is 11.7 Å². The van der Waals surface area contributed by atoms with E-state index in [0.717, 1.165) is 44.8 Å². The maximum Gasteiger partial charge on any atom is 0.419 e. The minimum atomic E-state index is -4.66. The molecule has 1 N–H and O–H groups in total. The van der Waals surface area contributed by atoms with Crippen LogP contribution in [0.25, 0.3) is 0 Å². The van der Waals surface area contributed by atoms with Gasteiger partial charge in [0, 0.05) is 32.2 Å². The van der Waals surface area contributed by atoms with Crippen LogP contribution in [0.15, 0.2) is 18.2 Å². The summed E-state index contributed by atoms with van der Waals surface area (Å²) >= 11 is 0. The van der Waals surface area contributed by atoms with Gasteiger partial charge in [-0.1, -0.05) is 25.0 Å². The molecule has 1 heterocycles. The Hall–Kier alpha value is -0.850. The fourth-order valence-corrected chi connectivity index (χ4v) is 4.07. The summed E-state index contributed by atoms with van der Waals surface area (Å²) < 4.78 is 54.4. The lowest BCUT2D eigenvalue weighted by molar-refractivity contribution is -0.141. The smallest absolute Gasteiger partial charge is 0.314 e. The number of alkyl halides is 3. The van der Waals surface area contributed by atoms with E-state index in [0.29, 0.717) is 13.1 Å². The van der Waals surface area contributed by atoms with Crippen molar-refractivity contribution in [3.63, 3.8) is 0 Å². The van der Waals surface area contributed by atoms with Crippen LogP contribution in [-0.4, -0.2) is 31.1 Å². The second-order valence-corrected chi connectivity index (χ2v) is 6.48. The molecule has 1 aromatic rings. The quantitative estimate of drug-likeness (QED) is 0.797. The molecule has 7 heteroatoms. The second kappa shape index (κ2) is 8.02. The third kappa shape index (κ3) is 4.03. The topological polar surface area (TPSA) is 15.3 Å². The van der Waals surface area contributed by atoms with E-state index < -0.39 is 17.6 Å². The molecular formula is C17H23ClF4N2. The third-order valence-corrected chi connectivity index (χ3v) is 5.04. The maximum atomic E-state index is 14.0. The predicted molar refractivity (Wildman–Crippen MR) is 87.8 cm³/mol. The summed E-state index contributed by atoms with van der Waals surface area (Å²) in [7, 11) is 0. The molecule has 0 amide bonds. The van der Waals surface area contributed by atoms with Crippen LogP contribution in [0.3, 0.4) is 0 Å². The molecule has 1 aromatic carbocycles. The van der Waals surface area contributed by atoms with Gasteiger partial charge in [0.2, 0.25) is 0 Å². The number of piperazine rings is 1. The van der Waals surface area contributed by atoms with Gasteiger partial charge in [-0.2, -0.15) is 13.2 Å². The molecule has 1 aliphatic heterocycles. The SMILES string of the molecule is Cl.Fc1cccc([C@H](C2CCCC2)N2CCNCC2)c1C(F)(F)F. The van der Waals surface area contributed by atoms with E-state index in [4.69, 9.17) is 0 Å². The normalized spacial score (nSPS) is 21.5. The Bertz CT molecular complexity index is 538. The van der Waals surface area contributed by atoms with Crippen molar-refractivity contribution in [3.8, 4) is 0 Å². The van der Waals surface area contributed by atoms with Crippen molar-refractivity contribution >= 4 is 12.4 Å². The van der Waals surface area contributed by atoms with Gasteiger partial charge in [0.05, 0.1) is 5.56 Å². The Morgan fingerprint density at radius 1 is 1.08 bits per heavy atom. The first kappa shape index (κ1) is 19.5. The van der Waals surface area contributed by atoms with Gasteiger partial charge in [-0.3, -0.25) is 4.90 Å². The van der Waals surface area contributed by atoms with E-state index in [1.165, 1.54) is 12.1 Å². The highest BCUT2D eigenvalue weighted by Gasteiger charge is 2.42. The molecule has 1 saturated heterocycles. The van der Waals surface area contributed by atoms with Crippen LogP contribution in [0.1, 0.15) is 42.9 Å². The van der Waals surface area contributed by atoms with Crippen LogP contribution < -0.4 is 5.32 Å². The molecule has 0 spiro atoms. The number of nitrogens with one attached hydrogen (secondary N) is 1. The van der Waals surface area contributed by atoms with Crippen molar-refractivity contribution in [1.29, 1.82) is 0 Å². The van der Waals surface area contributed by atoms with Gasteiger partial charge < -0.3 is 5.32 Å². The highest BCUT2D eigenvalue weighted by atomic mass is 35.5. The highest BCUT2D eigenvalue weighted by molar-refractivity contribution is 5.85. The van der Waals surface area contributed by atoms with Gasteiger partial charge >= 0.3 is 6.18 Å². The van der Waals surface area contributed by atoms with Gasteiger partial charge in [-0.15, -0.1) is 12.4 Å². The lowest BCUT2D eigenvalue weighted by Crippen LogP contribution is -2.47. The van der Waals surface area contributed by atoms with E-state index in [-0.39, 0.29) is 29.9 Å². The number of benzene rings is 1. The standard InChI is InChI=1S/C17H22F4N2.ClH/c18-14-7-3-6-13(15(14)17(19,20)21)16(12-4-1-2-5-12)23-10-8-22-9-11-23;/h3,6-7,12,16,22H,1-2,4-5,8-11H2;1H/t16-;/m0./s1. The fourth-order valence-electron chi connectivity index (χ4n) is 4.07. The van der Waals surface area contributed by atoms with Gasteiger partial charge in [0.1, 0.15) is 5.82 Å². The van der Waals surface area contributed by atoms with Gasteiger partial charge in [0.25, 0.3) is 0 Å². The molecule has 24 heavy (non-hydrogen) atoms. The minimum absolute atomic E-state index is 0. The van der Waals surface area contributed by atoms with Crippen LogP contribution in [-0.2, 0) is 6.18 Å². The molecular weight excluding hydrogens is 344 g/mol. The molecule has 1 saturated carbocycles. The van der Waals surface area contributed by atoms with E-state index >= 15 is 0 Å². The van der Waals surface area contributed by atoms with Crippen molar-refractivity contribution in [2.75, 3.05) is 26.2 Å². The zero-order valence-electron chi connectivity index (χ0n) is 13.4. The average Bonchev–Trinajstić information content (AvgIpc) is 3.01. The van der Waals surface area contributed by atoms with Crippen LogP contribution in [0.4, 0.5) is 17.6 Å². The molecule has 2 nitrogen and oxygen atoms in total. The Morgan fingerprint density at radius 2 is 1.71 bits per heavy atom. The Morgan fingerprint density at radius 3 is 2.29 bits per heavy atom. The van der Waals surface area contributed by atoms with Crippen molar-refractivity contribution < 1.29 is 17.6 Å². The van der Waals surface area contributed by atoms with Gasteiger partial charge in [0.15, 0.2) is 0 Å². The Labute approximate surface area is 146 Å². The summed E-state index contributed by atoms with van der Waals surface area (Å²) in [6, 6.07) is 3.45. The summed E-state index contributed by atoms with van der Waals surface area (Å²) in [6.07, 6.45) is -0.732. The lowest BCUT2D eigenvalue weighted by Gasteiger charge is -2.39. The summed E-state index contributed by atoms with van der Waals surface area (Å²) in [6.45, 7) is 2.93. The molecule has 2 aliphatic rings. The zero-order chi connectivity index (χ0) is 16.4. The lowest BCUT2D eigenvalue weighted by atomic mass is 9.86. The van der Waals surface area contributed by atoms with E-state index in [1.807, 2.05) is 0 Å². The molecule has 0 unspecified atom stereocenters. The van der Waals surface area contributed by atoms with Gasteiger partial charge in [-0.05, 0) is 30.4 Å². The molecule has 0 bridgehead atoms. The molecule has 2 fully saturated rings. The summed E-state index contributed by atoms with van der Waals surface area (Å²) in [5.41, 5.74) is -0.957.